The van der Waals surface area contributed by atoms with Crippen molar-refractivity contribution in [3.8, 4) is 55.6 Å². The van der Waals surface area contributed by atoms with Gasteiger partial charge in [-0.15, -0.1) is 0 Å². The maximum atomic E-state index is 3.96. The van der Waals surface area contributed by atoms with Crippen molar-refractivity contribution in [2.75, 3.05) is 4.90 Å². The van der Waals surface area contributed by atoms with E-state index in [1.54, 1.807) is 6.08 Å². The van der Waals surface area contributed by atoms with Gasteiger partial charge in [-0.3, -0.25) is 0 Å². The molecule has 262 valence electrons. The smallest absolute Gasteiger partial charge is 0.0468 e. The Kier molecular flexibility index (Phi) is 10.3. The van der Waals surface area contributed by atoms with E-state index in [9.17, 15) is 0 Å². The lowest BCUT2D eigenvalue weighted by atomic mass is 9.92. The van der Waals surface area contributed by atoms with Gasteiger partial charge in [-0.2, -0.15) is 0 Å². The monoisotopic (exact) mass is 703 g/mol. The minimum absolute atomic E-state index is 1.06. The Morgan fingerprint density at radius 3 is 1.16 bits per heavy atom. The lowest BCUT2D eigenvalue weighted by Gasteiger charge is -2.27. The van der Waals surface area contributed by atoms with E-state index in [1.807, 2.05) is 12.2 Å². The predicted octanol–water partition coefficient (Wildman–Crippen LogP) is 15.2. The predicted molar refractivity (Wildman–Crippen MR) is 237 cm³/mol. The molecule has 0 saturated heterocycles. The molecule has 8 aromatic rings. The summed E-state index contributed by atoms with van der Waals surface area (Å²) in [5, 5.41) is 0. The first-order valence-electron chi connectivity index (χ1n) is 18.7. The highest BCUT2D eigenvalue weighted by molar-refractivity contribution is 5.90. The topological polar surface area (TPSA) is 3.24 Å². The van der Waals surface area contributed by atoms with Gasteiger partial charge >= 0.3 is 0 Å². The first-order valence-corrected chi connectivity index (χ1v) is 18.7. The molecule has 0 bridgehead atoms. The van der Waals surface area contributed by atoms with Crippen molar-refractivity contribution in [3.05, 3.63) is 243 Å². The van der Waals surface area contributed by atoms with Crippen molar-refractivity contribution in [1.29, 1.82) is 0 Å². The van der Waals surface area contributed by atoms with Crippen molar-refractivity contribution in [2.45, 2.75) is 0 Å². The van der Waals surface area contributed by atoms with Gasteiger partial charge < -0.3 is 4.90 Å². The summed E-state index contributed by atoms with van der Waals surface area (Å²) >= 11 is 0. The average Bonchev–Trinajstić information content (AvgIpc) is 3.27. The molecule has 8 aromatic carbocycles. The fourth-order valence-corrected chi connectivity index (χ4v) is 7.20. The summed E-state index contributed by atoms with van der Waals surface area (Å²) in [5.74, 6) is 0. The molecule has 0 aromatic heterocycles. The SMILES string of the molecule is C=C/C=C(\C=C)c1ccc(-c2ccc(-c3ccc(N(c4ccc(-c5ccccc5)cc4)c4ccc(-c5ccccc5)cc4)cc3-c3ccccc3)cc2)cc1. The van der Waals surface area contributed by atoms with Gasteiger partial charge in [0.1, 0.15) is 0 Å². The summed E-state index contributed by atoms with van der Waals surface area (Å²) in [6, 6.07) is 73.9. The molecule has 1 nitrogen and oxygen atoms in total. The largest absolute Gasteiger partial charge is 0.310 e. The van der Waals surface area contributed by atoms with Crippen LogP contribution in [0.25, 0.3) is 61.2 Å². The van der Waals surface area contributed by atoms with Gasteiger partial charge in [0, 0.05) is 17.1 Å². The third-order valence-corrected chi connectivity index (χ3v) is 10.1. The molecular formula is C54H41N. The molecule has 0 aliphatic carbocycles. The number of rotatable bonds is 11. The Hall–Kier alpha value is -7.22. The molecule has 0 aliphatic rings. The average molecular weight is 704 g/mol. The standard InChI is InChI=1S/C54H41N/c1-3-14-40(4-2)43-21-23-44(24-22-43)45-25-27-49(28-26-45)53-38-37-52(39-54(53)48-19-12-7-13-20-48)55(50-33-29-46(30-34-50)41-15-8-5-9-16-41)51-35-31-47(32-36-51)42-17-10-6-11-18-42/h3-39H,1-2H2/b40-14+. The summed E-state index contributed by atoms with van der Waals surface area (Å²) < 4.78 is 0. The van der Waals surface area contributed by atoms with Crippen LogP contribution in [0, 0.1) is 0 Å². The van der Waals surface area contributed by atoms with Gasteiger partial charge in [-0.1, -0.05) is 201 Å². The van der Waals surface area contributed by atoms with E-state index in [0.29, 0.717) is 0 Å². The van der Waals surface area contributed by atoms with Crippen LogP contribution in [0.5, 0.6) is 0 Å². The number of nitrogens with zero attached hydrogens (tertiary/aromatic N) is 1. The van der Waals surface area contributed by atoms with Gasteiger partial charge in [0.2, 0.25) is 0 Å². The quantitative estimate of drug-likeness (QED) is 0.121. The zero-order valence-corrected chi connectivity index (χ0v) is 30.7. The molecule has 1 heteroatoms. The third-order valence-electron chi connectivity index (χ3n) is 10.1. The third kappa shape index (κ3) is 7.64. The van der Waals surface area contributed by atoms with Crippen LogP contribution in [-0.4, -0.2) is 0 Å². The number of hydrogen-bond acceptors (Lipinski definition) is 1. The van der Waals surface area contributed by atoms with E-state index in [2.05, 4.69) is 224 Å². The Balaban J connectivity index is 1.19. The first kappa shape index (κ1) is 34.8. The van der Waals surface area contributed by atoms with Crippen LogP contribution in [0.1, 0.15) is 5.56 Å². The molecule has 0 saturated carbocycles. The highest BCUT2D eigenvalue weighted by atomic mass is 15.1. The molecule has 8 rings (SSSR count). The molecular weight excluding hydrogens is 663 g/mol. The molecule has 0 heterocycles. The number of benzene rings is 8. The molecule has 0 spiro atoms. The van der Waals surface area contributed by atoms with Gasteiger partial charge in [0.05, 0.1) is 0 Å². The van der Waals surface area contributed by atoms with Crippen LogP contribution in [0.3, 0.4) is 0 Å². The second-order valence-corrected chi connectivity index (χ2v) is 13.5. The highest BCUT2D eigenvalue weighted by Crippen LogP contribution is 2.42. The molecule has 0 radical (unpaired) electrons. The van der Waals surface area contributed by atoms with E-state index in [1.165, 1.54) is 55.6 Å². The van der Waals surface area contributed by atoms with Crippen molar-refractivity contribution in [2.24, 2.45) is 0 Å². The lowest BCUT2D eigenvalue weighted by Crippen LogP contribution is -2.10. The van der Waals surface area contributed by atoms with Gasteiger partial charge in [-0.05, 0) is 103 Å². The molecule has 0 N–H and O–H groups in total. The normalized spacial score (nSPS) is 11.2. The van der Waals surface area contributed by atoms with E-state index < -0.39 is 0 Å². The summed E-state index contributed by atoms with van der Waals surface area (Å²) in [5.41, 5.74) is 17.3. The number of hydrogen-bond donors (Lipinski definition) is 0. The van der Waals surface area contributed by atoms with Gasteiger partial charge in [0.15, 0.2) is 0 Å². The first-order chi connectivity index (χ1) is 27.2. The van der Waals surface area contributed by atoms with Crippen molar-refractivity contribution < 1.29 is 0 Å². The molecule has 0 aliphatic heterocycles. The fraction of sp³-hybridized carbons (Fsp3) is 0. The second kappa shape index (κ2) is 16.2. The Bertz CT molecular complexity index is 2460. The maximum Gasteiger partial charge on any atom is 0.0468 e. The maximum absolute atomic E-state index is 3.96. The summed E-state index contributed by atoms with van der Waals surface area (Å²) in [6.07, 6.45) is 5.64. The minimum atomic E-state index is 1.06. The molecule has 0 fully saturated rings. The summed E-state index contributed by atoms with van der Waals surface area (Å²) in [4.78, 5) is 2.36. The highest BCUT2D eigenvalue weighted by Gasteiger charge is 2.17. The lowest BCUT2D eigenvalue weighted by molar-refractivity contribution is 1.28. The van der Waals surface area contributed by atoms with E-state index in [0.717, 1.165) is 28.2 Å². The zero-order chi connectivity index (χ0) is 37.4. The zero-order valence-electron chi connectivity index (χ0n) is 30.7. The Morgan fingerprint density at radius 1 is 0.345 bits per heavy atom. The Labute approximate surface area is 325 Å². The van der Waals surface area contributed by atoms with Crippen molar-refractivity contribution >= 4 is 22.6 Å². The number of anilines is 3. The van der Waals surface area contributed by atoms with Crippen LogP contribution < -0.4 is 4.90 Å². The van der Waals surface area contributed by atoms with Crippen LogP contribution >= 0.6 is 0 Å². The number of allylic oxidation sites excluding steroid dienone is 4. The van der Waals surface area contributed by atoms with Crippen LogP contribution in [0.2, 0.25) is 0 Å². The second-order valence-electron chi connectivity index (χ2n) is 13.5. The van der Waals surface area contributed by atoms with Crippen LogP contribution in [0.15, 0.2) is 238 Å². The summed E-state index contributed by atoms with van der Waals surface area (Å²) in [6.45, 7) is 7.79. The van der Waals surface area contributed by atoms with Crippen molar-refractivity contribution in [1.82, 2.24) is 0 Å². The molecule has 0 unspecified atom stereocenters. The van der Waals surface area contributed by atoms with E-state index in [-0.39, 0.29) is 0 Å². The molecule has 55 heavy (non-hydrogen) atoms. The van der Waals surface area contributed by atoms with E-state index >= 15 is 0 Å². The fourth-order valence-electron chi connectivity index (χ4n) is 7.20. The Morgan fingerprint density at radius 2 is 0.709 bits per heavy atom. The summed E-state index contributed by atoms with van der Waals surface area (Å²) in [7, 11) is 0. The molecule has 0 atom stereocenters. The van der Waals surface area contributed by atoms with Gasteiger partial charge in [-0.25, -0.2) is 0 Å². The minimum Gasteiger partial charge on any atom is -0.310 e. The van der Waals surface area contributed by atoms with Crippen LogP contribution in [-0.2, 0) is 0 Å². The van der Waals surface area contributed by atoms with Crippen LogP contribution in [0.4, 0.5) is 17.1 Å². The van der Waals surface area contributed by atoms with Crippen molar-refractivity contribution in [3.63, 3.8) is 0 Å². The van der Waals surface area contributed by atoms with E-state index in [4.69, 9.17) is 0 Å². The van der Waals surface area contributed by atoms with Gasteiger partial charge in [0.25, 0.3) is 0 Å². The molecule has 0 amide bonds.